The Morgan fingerprint density at radius 2 is 2.10 bits per heavy atom. The summed E-state index contributed by atoms with van der Waals surface area (Å²) in [5.41, 5.74) is 1.33. The van der Waals surface area contributed by atoms with Crippen molar-refractivity contribution in [2.75, 3.05) is 19.6 Å². The summed E-state index contributed by atoms with van der Waals surface area (Å²) < 4.78 is 0. The molecule has 112 valence electrons. The van der Waals surface area contributed by atoms with E-state index in [9.17, 15) is 5.11 Å². The number of nitrogens with zero attached hydrogens (tertiary/aromatic N) is 1. The number of β-amino-alcohol motifs (C(OH)–C–C–N with tert-alkyl or cyclic N) is 1. The van der Waals surface area contributed by atoms with Crippen molar-refractivity contribution in [3.05, 3.63) is 35.9 Å². The van der Waals surface area contributed by atoms with Crippen molar-refractivity contribution >= 4 is 0 Å². The Labute approximate surface area is 123 Å². The average molecular weight is 276 g/mol. The molecule has 0 aromatic heterocycles. The fourth-order valence-electron chi connectivity index (χ4n) is 2.82. The summed E-state index contributed by atoms with van der Waals surface area (Å²) in [5, 5.41) is 13.5. The Bertz CT molecular complexity index is 382. The zero-order chi connectivity index (χ0) is 14.4. The summed E-state index contributed by atoms with van der Waals surface area (Å²) in [6.45, 7) is 8.29. The van der Waals surface area contributed by atoms with Gasteiger partial charge in [0, 0.05) is 25.7 Å². The number of aliphatic hydroxyl groups is 1. The third-order valence-corrected chi connectivity index (χ3v) is 4.30. The Hall–Kier alpha value is -0.900. The van der Waals surface area contributed by atoms with Crippen LogP contribution >= 0.6 is 0 Å². The lowest BCUT2D eigenvalue weighted by Gasteiger charge is -2.25. The van der Waals surface area contributed by atoms with Gasteiger partial charge in [-0.1, -0.05) is 50.6 Å². The lowest BCUT2D eigenvalue weighted by atomic mass is 10.1. The maximum atomic E-state index is 9.93. The Kier molecular flexibility index (Phi) is 6.02. The highest BCUT2D eigenvalue weighted by Crippen LogP contribution is 2.20. The molecule has 1 aromatic carbocycles. The second-order valence-electron chi connectivity index (χ2n) is 6.13. The van der Waals surface area contributed by atoms with Crippen LogP contribution in [0.4, 0.5) is 0 Å². The van der Waals surface area contributed by atoms with Crippen LogP contribution in [0, 0.1) is 5.92 Å². The fourth-order valence-corrected chi connectivity index (χ4v) is 2.82. The molecule has 1 heterocycles. The molecule has 20 heavy (non-hydrogen) atoms. The number of hydrogen-bond donors (Lipinski definition) is 2. The highest BCUT2D eigenvalue weighted by molar-refractivity contribution is 5.15. The number of nitrogens with one attached hydrogen (secondary N) is 1. The van der Waals surface area contributed by atoms with Gasteiger partial charge >= 0.3 is 0 Å². The van der Waals surface area contributed by atoms with Gasteiger partial charge in [0.15, 0.2) is 0 Å². The quantitative estimate of drug-likeness (QED) is 0.802. The van der Waals surface area contributed by atoms with E-state index in [2.05, 4.69) is 48.3 Å². The molecule has 1 aliphatic rings. The second kappa shape index (κ2) is 7.77. The predicted octanol–water partition coefficient (Wildman–Crippen LogP) is 2.26. The van der Waals surface area contributed by atoms with Gasteiger partial charge in [-0.15, -0.1) is 0 Å². The van der Waals surface area contributed by atoms with Crippen LogP contribution in [0.1, 0.15) is 32.3 Å². The molecule has 0 radical (unpaired) electrons. The molecule has 3 atom stereocenters. The van der Waals surface area contributed by atoms with Gasteiger partial charge in [-0.3, -0.25) is 4.90 Å². The first-order valence-electron chi connectivity index (χ1n) is 7.85. The van der Waals surface area contributed by atoms with E-state index in [0.717, 1.165) is 38.5 Å². The van der Waals surface area contributed by atoms with Crippen LogP contribution in [-0.2, 0) is 6.54 Å². The molecule has 3 unspecified atom stereocenters. The van der Waals surface area contributed by atoms with Gasteiger partial charge in [0.05, 0.1) is 6.10 Å². The first-order chi connectivity index (χ1) is 9.69. The van der Waals surface area contributed by atoms with E-state index in [4.69, 9.17) is 0 Å². The monoisotopic (exact) mass is 276 g/mol. The molecule has 2 N–H and O–H groups in total. The lowest BCUT2D eigenvalue weighted by Crippen LogP contribution is -2.38. The van der Waals surface area contributed by atoms with Crippen molar-refractivity contribution in [1.82, 2.24) is 10.2 Å². The molecule has 2 rings (SSSR count). The zero-order valence-electron chi connectivity index (χ0n) is 12.8. The molecule has 0 aliphatic carbocycles. The van der Waals surface area contributed by atoms with Crippen molar-refractivity contribution < 1.29 is 5.11 Å². The third kappa shape index (κ3) is 4.58. The van der Waals surface area contributed by atoms with E-state index in [1.54, 1.807) is 0 Å². The van der Waals surface area contributed by atoms with Gasteiger partial charge in [-0.25, -0.2) is 0 Å². The Morgan fingerprint density at radius 3 is 2.80 bits per heavy atom. The van der Waals surface area contributed by atoms with Crippen LogP contribution in [-0.4, -0.2) is 41.8 Å². The predicted molar refractivity (Wildman–Crippen MR) is 83.6 cm³/mol. The molecular weight excluding hydrogens is 248 g/mol. The number of benzene rings is 1. The lowest BCUT2D eigenvalue weighted by molar-refractivity contribution is 0.172. The van der Waals surface area contributed by atoms with Crippen molar-refractivity contribution in [2.24, 2.45) is 5.92 Å². The maximum Gasteiger partial charge on any atom is 0.0682 e. The van der Waals surface area contributed by atoms with Crippen LogP contribution < -0.4 is 5.32 Å². The third-order valence-electron chi connectivity index (χ3n) is 4.30. The van der Waals surface area contributed by atoms with Crippen molar-refractivity contribution in [3.63, 3.8) is 0 Å². The zero-order valence-corrected chi connectivity index (χ0v) is 12.8. The molecule has 0 amide bonds. The average Bonchev–Trinajstić information content (AvgIpc) is 2.79. The van der Waals surface area contributed by atoms with Gasteiger partial charge < -0.3 is 10.4 Å². The molecule has 1 fully saturated rings. The van der Waals surface area contributed by atoms with Gasteiger partial charge in [-0.2, -0.15) is 0 Å². The van der Waals surface area contributed by atoms with Crippen molar-refractivity contribution in [1.29, 1.82) is 0 Å². The van der Waals surface area contributed by atoms with Gasteiger partial charge in [0.25, 0.3) is 0 Å². The van der Waals surface area contributed by atoms with Crippen LogP contribution in [0.3, 0.4) is 0 Å². The number of likely N-dealkylation sites (tertiary alicyclic amines) is 1. The number of rotatable bonds is 7. The van der Waals surface area contributed by atoms with E-state index >= 15 is 0 Å². The van der Waals surface area contributed by atoms with E-state index < -0.39 is 0 Å². The first-order valence-corrected chi connectivity index (χ1v) is 7.85. The first kappa shape index (κ1) is 15.5. The van der Waals surface area contributed by atoms with Crippen molar-refractivity contribution in [2.45, 2.75) is 45.4 Å². The molecule has 0 spiro atoms. The Balaban J connectivity index is 1.83. The minimum absolute atomic E-state index is 0.172. The molecule has 1 aromatic rings. The van der Waals surface area contributed by atoms with Crippen molar-refractivity contribution in [3.8, 4) is 0 Å². The summed E-state index contributed by atoms with van der Waals surface area (Å²) in [5.74, 6) is 0.726. The molecule has 3 heteroatoms. The summed E-state index contributed by atoms with van der Waals surface area (Å²) in [6.07, 6.45) is 1.93. The summed E-state index contributed by atoms with van der Waals surface area (Å²) in [7, 11) is 0. The SMILES string of the molecule is CCC(C)CNCC1CC(O)CN1Cc1ccccc1. The summed E-state index contributed by atoms with van der Waals surface area (Å²) in [6, 6.07) is 11.0. The van der Waals surface area contributed by atoms with E-state index in [1.807, 2.05) is 6.07 Å². The minimum Gasteiger partial charge on any atom is -0.392 e. The van der Waals surface area contributed by atoms with E-state index in [0.29, 0.717) is 6.04 Å². The highest BCUT2D eigenvalue weighted by Gasteiger charge is 2.30. The highest BCUT2D eigenvalue weighted by atomic mass is 16.3. The molecule has 0 saturated carbocycles. The number of aliphatic hydroxyl groups excluding tert-OH is 1. The summed E-state index contributed by atoms with van der Waals surface area (Å²) in [4.78, 5) is 2.41. The van der Waals surface area contributed by atoms with E-state index in [1.165, 1.54) is 12.0 Å². The number of hydrogen-bond acceptors (Lipinski definition) is 3. The second-order valence-corrected chi connectivity index (χ2v) is 6.13. The molecule has 0 bridgehead atoms. The maximum absolute atomic E-state index is 9.93. The molecule has 3 nitrogen and oxygen atoms in total. The van der Waals surface area contributed by atoms with Gasteiger partial charge in [-0.05, 0) is 24.4 Å². The standard InChI is InChI=1S/C17H28N2O/c1-3-14(2)10-18-11-16-9-17(20)13-19(16)12-15-7-5-4-6-8-15/h4-8,14,16-18,20H,3,9-13H2,1-2H3. The molecule has 1 aliphatic heterocycles. The van der Waals surface area contributed by atoms with Gasteiger partial charge in [0.1, 0.15) is 0 Å². The van der Waals surface area contributed by atoms with Crippen LogP contribution in [0.15, 0.2) is 30.3 Å². The normalized spacial score (nSPS) is 24.9. The minimum atomic E-state index is -0.172. The van der Waals surface area contributed by atoms with Crippen LogP contribution in [0.5, 0.6) is 0 Å². The Morgan fingerprint density at radius 1 is 1.35 bits per heavy atom. The smallest absolute Gasteiger partial charge is 0.0682 e. The molecule has 1 saturated heterocycles. The van der Waals surface area contributed by atoms with Gasteiger partial charge in [0.2, 0.25) is 0 Å². The molecular formula is C17H28N2O. The largest absolute Gasteiger partial charge is 0.392 e. The van der Waals surface area contributed by atoms with E-state index in [-0.39, 0.29) is 6.10 Å². The summed E-state index contributed by atoms with van der Waals surface area (Å²) >= 11 is 0. The fraction of sp³-hybridized carbons (Fsp3) is 0.647. The van der Waals surface area contributed by atoms with Crippen LogP contribution in [0.25, 0.3) is 0 Å². The van der Waals surface area contributed by atoms with Crippen LogP contribution in [0.2, 0.25) is 0 Å². The topological polar surface area (TPSA) is 35.5 Å².